The number of anilines is 1. The van der Waals surface area contributed by atoms with E-state index >= 15 is 0 Å². The van der Waals surface area contributed by atoms with E-state index in [0.717, 1.165) is 37.8 Å². The summed E-state index contributed by atoms with van der Waals surface area (Å²) in [4.78, 5) is 20.3. The first-order chi connectivity index (χ1) is 22.4. The highest BCUT2D eigenvalue weighted by Gasteiger charge is 2.50. The van der Waals surface area contributed by atoms with Gasteiger partial charge in [-0.2, -0.15) is 5.10 Å². The Morgan fingerprint density at radius 3 is 2.72 bits per heavy atom. The van der Waals surface area contributed by atoms with Gasteiger partial charge in [0.15, 0.2) is 5.82 Å². The Morgan fingerprint density at radius 2 is 1.98 bits per heavy atom. The van der Waals surface area contributed by atoms with E-state index in [2.05, 4.69) is 31.8 Å². The Bertz CT molecular complexity index is 1840. The molecule has 0 unspecified atom stereocenters. The van der Waals surface area contributed by atoms with E-state index < -0.39 is 26.8 Å². The van der Waals surface area contributed by atoms with E-state index in [1.165, 1.54) is 17.5 Å². The molecule has 2 N–H and O–H groups in total. The van der Waals surface area contributed by atoms with E-state index in [1.54, 1.807) is 42.9 Å². The molecule has 1 spiro atoms. The van der Waals surface area contributed by atoms with Crippen molar-refractivity contribution in [1.82, 2.24) is 19.5 Å². The summed E-state index contributed by atoms with van der Waals surface area (Å²) >= 11 is 6.43. The standard InChI is InChI=1S/C35H42ClN5O5S/c1-22-6-4-15-35(43,33-37-21-38-40(33)3)29-11-8-26(29)18-41-19-34(14-5-7-24-16-27(36)10-12-28(24)34)20-46-31-13-9-25(17-30(31)41)32(42)39-47(44,45)23(22)2/h4,9-10,12-13,15-17,21-23,26,29,43H,5-8,11,14,18-20H2,1-3H3,(H,39,42)/b15-4+/t22-,23+,26-,29+,34-,35+/m0/s1. The first-order valence-corrected chi connectivity index (χ1v) is 18.4. The Labute approximate surface area is 281 Å². The number of allylic oxidation sites excluding steroid dienone is 1. The van der Waals surface area contributed by atoms with Gasteiger partial charge < -0.3 is 14.7 Å². The van der Waals surface area contributed by atoms with Crippen LogP contribution in [-0.2, 0) is 34.5 Å². The summed E-state index contributed by atoms with van der Waals surface area (Å²) in [5.41, 5.74) is 1.72. The molecule has 0 saturated heterocycles. The molecule has 12 heteroatoms. The number of fused-ring (bicyclic) bond motifs is 4. The van der Waals surface area contributed by atoms with Crippen LogP contribution in [0.15, 0.2) is 54.9 Å². The van der Waals surface area contributed by atoms with E-state index in [1.807, 2.05) is 19.1 Å². The minimum atomic E-state index is -4.00. The van der Waals surface area contributed by atoms with Crippen molar-refractivity contribution in [2.45, 2.75) is 68.6 Å². The maximum atomic E-state index is 13.5. The molecule has 7 rings (SSSR count). The zero-order valence-corrected chi connectivity index (χ0v) is 28.6. The number of sulfonamides is 1. The predicted octanol–water partition coefficient (Wildman–Crippen LogP) is 4.90. The molecule has 1 aromatic heterocycles. The minimum absolute atomic E-state index is 0.0970. The molecule has 0 radical (unpaired) electrons. The van der Waals surface area contributed by atoms with Crippen LogP contribution in [0.4, 0.5) is 5.69 Å². The molecule has 1 saturated carbocycles. The largest absolute Gasteiger partial charge is 0.490 e. The van der Waals surface area contributed by atoms with Crippen LogP contribution < -0.4 is 14.4 Å². The average Bonchev–Trinajstić information content (AvgIpc) is 3.40. The molecule has 47 heavy (non-hydrogen) atoms. The number of aliphatic hydroxyl groups is 1. The molecule has 6 atom stereocenters. The molecule has 3 aromatic rings. The maximum Gasteiger partial charge on any atom is 0.264 e. The number of carbonyl (C=O) groups is 1. The fourth-order valence-corrected chi connectivity index (χ4v) is 9.65. The summed E-state index contributed by atoms with van der Waals surface area (Å²) in [6.07, 6.45) is 10.1. The van der Waals surface area contributed by atoms with Crippen LogP contribution in [0.3, 0.4) is 0 Å². The van der Waals surface area contributed by atoms with Crippen LogP contribution in [0.5, 0.6) is 5.75 Å². The highest BCUT2D eigenvalue weighted by molar-refractivity contribution is 7.90. The zero-order valence-electron chi connectivity index (χ0n) is 27.0. The van der Waals surface area contributed by atoms with Crippen LogP contribution in [0.2, 0.25) is 5.02 Å². The monoisotopic (exact) mass is 679 g/mol. The molecule has 2 aliphatic carbocycles. The molecule has 2 bridgehead atoms. The number of halogens is 1. The van der Waals surface area contributed by atoms with Gasteiger partial charge in [0, 0.05) is 42.1 Å². The Balaban J connectivity index is 1.35. The number of hydrogen-bond acceptors (Lipinski definition) is 8. The SMILES string of the molecule is C[C@@H]1[C@@H](C)C/C=C/[C@](O)(c2ncnn2C)[C@@H]2CC[C@H]2CN2C[C@@]3(CCCc4cc(Cl)ccc43)COc3ccc(cc32)C(=O)NS1(=O)=O. The first kappa shape index (κ1) is 32.2. The van der Waals surface area contributed by atoms with Gasteiger partial charge in [-0.25, -0.2) is 18.1 Å². The fraction of sp³-hybridized carbons (Fsp3) is 0.514. The molecular weight excluding hydrogens is 638 g/mol. The Morgan fingerprint density at radius 1 is 1.15 bits per heavy atom. The van der Waals surface area contributed by atoms with Gasteiger partial charge in [-0.05, 0) is 105 Å². The van der Waals surface area contributed by atoms with Crippen molar-refractivity contribution in [3.63, 3.8) is 0 Å². The topological polar surface area (TPSA) is 127 Å². The summed E-state index contributed by atoms with van der Waals surface area (Å²) in [6, 6.07) is 11.3. The average molecular weight is 680 g/mol. The highest BCUT2D eigenvalue weighted by atomic mass is 35.5. The third-order valence-electron chi connectivity index (χ3n) is 11.2. The number of aromatic nitrogens is 3. The van der Waals surface area contributed by atoms with Gasteiger partial charge in [0.2, 0.25) is 10.0 Å². The Hall–Kier alpha value is -3.41. The molecule has 1 fully saturated rings. The van der Waals surface area contributed by atoms with E-state index in [-0.39, 0.29) is 28.7 Å². The van der Waals surface area contributed by atoms with Crippen molar-refractivity contribution in [3.8, 4) is 5.75 Å². The molecule has 2 aliphatic heterocycles. The number of aryl methyl sites for hydroxylation is 2. The van der Waals surface area contributed by atoms with Crippen molar-refractivity contribution < 1.29 is 23.1 Å². The summed E-state index contributed by atoms with van der Waals surface area (Å²) in [5, 5.41) is 16.6. The van der Waals surface area contributed by atoms with Gasteiger partial charge >= 0.3 is 0 Å². The van der Waals surface area contributed by atoms with Gasteiger partial charge in [0.25, 0.3) is 5.91 Å². The predicted molar refractivity (Wildman–Crippen MR) is 180 cm³/mol. The lowest BCUT2D eigenvalue weighted by molar-refractivity contribution is -0.0582. The maximum absolute atomic E-state index is 13.5. The van der Waals surface area contributed by atoms with Gasteiger partial charge in [-0.3, -0.25) is 9.48 Å². The van der Waals surface area contributed by atoms with Crippen LogP contribution in [0.25, 0.3) is 0 Å². The normalized spacial score (nSPS) is 32.6. The van der Waals surface area contributed by atoms with Gasteiger partial charge in [0.1, 0.15) is 17.7 Å². The lowest BCUT2D eigenvalue weighted by atomic mass is 9.63. The molecule has 1 amide bonds. The summed E-state index contributed by atoms with van der Waals surface area (Å²) in [6.45, 7) is 5.14. The second-order valence-electron chi connectivity index (χ2n) is 14.1. The minimum Gasteiger partial charge on any atom is -0.490 e. The third-order valence-corrected chi connectivity index (χ3v) is 13.4. The number of amides is 1. The lowest BCUT2D eigenvalue weighted by Gasteiger charge is -2.48. The molecule has 3 heterocycles. The van der Waals surface area contributed by atoms with Crippen molar-refractivity contribution >= 4 is 33.2 Å². The van der Waals surface area contributed by atoms with E-state index in [4.69, 9.17) is 16.3 Å². The van der Waals surface area contributed by atoms with Crippen molar-refractivity contribution in [1.29, 1.82) is 0 Å². The number of nitrogens with zero attached hydrogens (tertiary/aromatic N) is 4. The van der Waals surface area contributed by atoms with Gasteiger partial charge in [-0.15, -0.1) is 0 Å². The molecular formula is C35H42ClN5O5S. The van der Waals surface area contributed by atoms with E-state index in [0.29, 0.717) is 42.7 Å². The summed E-state index contributed by atoms with van der Waals surface area (Å²) < 4.78 is 37.3. The molecule has 4 aliphatic rings. The van der Waals surface area contributed by atoms with Crippen LogP contribution in [-0.4, -0.2) is 59.1 Å². The smallest absolute Gasteiger partial charge is 0.264 e. The third kappa shape index (κ3) is 5.64. The number of carbonyl (C=O) groups excluding carboxylic acids is 1. The lowest BCUT2D eigenvalue weighted by Crippen LogP contribution is -2.52. The first-order valence-electron chi connectivity index (χ1n) is 16.5. The second-order valence-corrected chi connectivity index (χ2v) is 16.5. The van der Waals surface area contributed by atoms with Crippen molar-refractivity contribution in [2.75, 3.05) is 24.6 Å². The zero-order chi connectivity index (χ0) is 33.1. The number of benzene rings is 2. The Kier molecular flexibility index (Phi) is 8.16. The molecule has 2 aromatic carbocycles. The van der Waals surface area contributed by atoms with Crippen molar-refractivity contribution in [2.24, 2.45) is 24.8 Å². The van der Waals surface area contributed by atoms with Crippen LogP contribution in [0.1, 0.15) is 73.3 Å². The van der Waals surface area contributed by atoms with Gasteiger partial charge in [0.05, 0.1) is 17.5 Å². The second kappa shape index (κ2) is 11.9. The molecule has 250 valence electrons. The number of hydrogen-bond donors (Lipinski definition) is 2. The highest BCUT2D eigenvalue weighted by Crippen LogP contribution is 2.50. The van der Waals surface area contributed by atoms with Crippen LogP contribution in [0, 0.1) is 17.8 Å². The summed E-state index contributed by atoms with van der Waals surface area (Å²) in [5.74, 6) is 0.0552. The molecule has 10 nitrogen and oxygen atoms in total. The number of ether oxygens (including phenoxy) is 1. The van der Waals surface area contributed by atoms with E-state index in [9.17, 15) is 18.3 Å². The van der Waals surface area contributed by atoms with Crippen molar-refractivity contribution in [3.05, 3.63) is 82.4 Å². The number of nitrogens with one attached hydrogen (secondary N) is 1. The quantitative estimate of drug-likeness (QED) is 0.348. The van der Waals surface area contributed by atoms with Gasteiger partial charge in [-0.1, -0.05) is 30.7 Å². The summed E-state index contributed by atoms with van der Waals surface area (Å²) in [7, 11) is -2.22. The fourth-order valence-electron chi connectivity index (χ4n) is 8.17. The van der Waals surface area contributed by atoms with Crippen LogP contribution >= 0.6 is 11.6 Å². The number of rotatable bonds is 1.